The van der Waals surface area contributed by atoms with E-state index in [0.29, 0.717) is 30.7 Å². The Morgan fingerprint density at radius 2 is 1.60 bits per heavy atom. The van der Waals surface area contributed by atoms with Crippen molar-refractivity contribution in [1.82, 2.24) is 5.48 Å². The van der Waals surface area contributed by atoms with Gasteiger partial charge >= 0.3 is 5.97 Å². The van der Waals surface area contributed by atoms with Gasteiger partial charge in [0.1, 0.15) is 0 Å². The highest BCUT2D eigenvalue weighted by atomic mass is 32.2. The monoisotopic (exact) mass is 594 g/mol. The molecular weight excluding hydrogens is 560 g/mol. The van der Waals surface area contributed by atoms with Crippen LogP contribution in [-0.4, -0.2) is 45.1 Å². The number of carboxylic acids is 1. The number of carbonyl (C=O) groups excluding carboxylic acids is 2. The fourth-order valence-corrected chi connectivity index (χ4v) is 5.44. The second-order valence-corrected chi connectivity index (χ2v) is 11.0. The van der Waals surface area contributed by atoms with Gasteiger partial charge in [0.25, 0.3) is 0 Å². The average molecular weight is 595 g/mol. The van der Waals surface area contributed by atoms with Crippen molar-refractivity contribution in [3.63, 3.8) is 0 Å². The number of benzene rings is 3. The van der Waals surface area contributed by atoms with Crippen LogP contribution in [0.5, 0.6) is 0 Å². The van der Waals surface area contributed by atoms with E-state index in [-0.39, 0.29) is 43.1 Å². The first-order chi connectivity index (χ1) is 20.3. The normalized spacial score (nSPS) is 18.3. The summed E-state index contributed by atoms with van der Waals surface area (Å²) in [5.74, 6) is -1.02. The number of unbranched alkanes of at least 4 members (excludes halogenated alkanes) is 1. The number of rotatable bonds is 13. The topological polar surface area (TPSA) is 154 Å². The van der Waals surface area contributed by atoms with Crippen molar-refractivity contribution >= 4 is 35.2 Å². The van der Waals surface area contributed by atoms with E-state index in [1.165, 1.54) is 0 Å². The van der Waals surface area contributed by atoms with Crippen molar-refractivity contribution < 1.29 is 39.3 Å². The largest absolute Gasteiger partial charge is 0.478 e. The van der Waals surface area contributed by atoms with Crippen LogP contribution in [0.1, 0.15) is 71.5 Å². The molecule has 42 heavy (non-hydrogen) atoms. The summed E-state index contributed by atoms with van der Waals surface area (Å²) in [6, 6.07) is 21.6. The maximum absolute atomic E-state index is 12.5. The van der Waals surface area contributed by atoms with Crippen molar-refractivity contribution in [2.75, 3.05) is 11.1 Å². The van der Waals surface area contributed by atoms with E-state index >= 15 is 0 Å². The maximum Gasteiger partial charge on any atom is 0.335 e. The minimum Gasteiger partial charge on any atom is -0.478 e. The van der Waals surface area contributed by atoms with Gasteiger partial charge < -0.3 is 25.0 Å². The lowest BCUT2D eigenvalue weighted by molar-refractivity contribution is -0.245. The van der Waals surface area contributed by atoms with Crippen LogP contribution < -0.4 is 10.8 Å². The summed E-state index contributed by atoms with van der Waals surface area (Å²) in [4.78, 5) is 35.7. The zero-order valence-electron chi connectivity index (χ0n) is 22.9. The van der Waals surface area contributed by atoms with E-state index in [4.69, 9.17) is 19.8 Å². The third-order valence-electron chi connectivity index (χ3n) is 6.78. The van der Waals surface area contributed by atoms with Gasteiger partial charge in [0.15, 0.2) is 6.29 Å². The smallest absolute Gasteiger partial charge is 0.335 e. The molecule has 3 aromatic rings. The molecule has 3 aromatic carbocycles. The van der Waals surface area contributed by atoms with Crippen LogP contribution in [0, 0.1) is 0 Å². The third kappa shape index (κ3) is 9.13. The van der Waals surface area contributed by atoms with E-state index in [0.717, 1.165) is 21.6 Å². The second kappa shape index (κ2) is 15.5. The van der Waals surface area contributed by atoms with E-state index < -0.39 is 18.2 Å². The van der Waals surface area contributed by atoms with Crippen LogP contribution in [0.15, 0.2) is 77.7 Å². The molecule has 1 heterocycles. The summed E-state index contributed by atoms with van der Waals surface area (Å²) in [6.45, 7) is -0.0476. The Morgan fingerprint density at radius 3 is 2.26 bits per heavy atom. The highest BCUT2D eigenvalue weighted by Gasteiger charge is 2.32. The Morgan fingerprint density at radius 1 is 0.881 bits per heavy atom. The zero-order valence-corrected chi connectivity index (χ0v) is 23.7. The highest BCUT2D eigenvalue weighted by molar-refractivity contribution is 7.99. The van der Waals surface area contributed by atoms with Gasteiger partial charge in [-0.25, -0.2) is 10.3 Å². The number of thioether (sulfide) groups is 1. The summed E-state index contributed by atoms with van der Waals surface area (Å²) in [7, 11) is 0. The van der Waals surface area contributed by atoms with Gasteiger partial charge in [-0.15, -0.1) is 11.8 Å². The van der Waals surface area contributed by atoms with Gasteiger partial charge in [-0.1, -0.05) is 36.4 Å². The van der Waals surface area contributed by atoms with Gasteiger partial charge in [0.05, 0.1) is 24.4 Å². The summed E-state index contributed by atoms with van der Waals surface area (Å²) < 4.78 is 12.8. The first-order valence-corrected chi connectivity index (χ1v) is 14.6. The predicted molar refractivity (Wildman–Crippen MR) is 156 cm³/mol. The number of hydrogen-bond acceptors (Lipinski definition) is 8. The molecule has 3 atom stereocenters. The summed E-state index contributed by atoms with van der Waals surface area (Å²) in [6.07, 6.45) is 0.798. The molecule has 3 unspecified atom stereocenters. The van der Waals surface area contributed by atoms with Crippen LogP contribution in [0.4, 0.5) is 5.69 Å². The van der Waals surface area contributed by atoms with Crippen LogP contribution >= 0.6 is 11.8 Å². The molecule has 1 saturated heterocycles. The molecule has 4 rings (SSSR count). The highest BCUT2D eigenvalue weighted by Crippen LogP contribution is 2.40. The number of anilines is 1. The standard InChI is InChI=1S/C31H34N2O8S/c34-18-20-8-10-21(11-9-20)27-17-25(19-42-26-14-12-22(13-15-26)30(37)38)40-31(41-27)23-4-3-5-24(16-23)32-28(35)6-1-2-7-29(36)33-39/h3-5,8-16,25,27,31,34,39H,1-2,6-7,17-19H2,(H,32,35)(H,33,36)(H,37,38). The fraction of sp³-hybridized carbons (Fsp3) is 0.323. The van der Waals surface area contributed by atoms with Crippen molar-refractivity contribution in [2.45, 2.75) is 62.1 Å². The molecule has 1 aliphatic rings. The van der Waals surface area contributed by atoms with Crippen LogP contribution in [0.3, 0.4) is 0 Å². The molecule has 1 aliphatic heterocycles. The zero-order chi connectivity index (χ0) is 29.9. The number of carboxylic acid groups (broad SMARTS) is 1. The molecule has 0 spiro atoms. The van der Waals surface area contributed by atoms with E-state index in [1.807, 2.05) is 42.5 Å². The van der Waals surface area contributed by atoms with Crippen molar-refractivity contribution in [3.8, 4) is 0 Å². The van der Waals surface area contributed by atoms with Crippen LogP contribution in [-0.2, 0) is 25.7 Å². The minimum atomic E-state index is -0.970. The van der Waals surface area contributed by atoms with Crippen molar-refractivity contribution in [1.29, 1.82) is 0 Å². The van der Waals surface area contributed by atoms with E-state index in [9.17, 15) is 19.5 Å². The molecule has 0 aromatic heterocycles. The Bertz CT molecular complexity index is 1350. The lowest BCUT2D eigenvalue weighted by Crippen LogP contribution is -2.31. The summed E-state index contributed by atoms with van der Waals surface area (Å²) >= 11 is 1.57. The minimum absolute atomic E-state index is 0.0476. The summed E-state index contributed by atoms with van der Waals surface area (Å²) in [5.41, 5.74) is 4.91. The van der Waals surface area contributed by atoms with E-state index in [1.54, 1.807) is 47.6 Å². The Labute approximate surface area is 248 Å². The molecule has 0 saturated carbocycles. The Kier molecular flexibility index (Phi) is 11.5. The average Bonchev–Trinajstić information content (AvgIpc) is 3.02. The number of carbonyl (C=O) groups is 3. The summed E-state index contributed by atoms with van der Waals surface area (Å²) in [5, 5.41) is 30.0. The number of hydrogen-bond donors (Lipinski definition) is 5. The molecule has 0 bridgehead atoms. The van der Waals surface area contributed by atoms with Gasteiger partial charge in [-0.3, -0.25) is 14.8 Å². The van der Waals surface area contributed by atoms with Crippen LogP contribution in [0.2, 0.25) is 0 Å². The van der Waals surface area contributed by atoms with Gasteiger partial charge in [0, 0.05) is 41.2 Å². The first kappa shape index (κ1) is 31.2. The number of aromatic carboxylic acids is 1. The number of aliphatic hydroxyl groups excluding tert-OH is 1. The Hall–Kier alpha value is -3.74. The third-order valence-corrected chi connectivity index (χ3v) is 7.92. The van der Waals surface area contributed by atoms with Gasteiger partial charge in [0.2, 0.25) is 11.8 Å². The maximum atomic E-state index is 12.5. The molecule has 10 nitrogen and oxygen atoms in total. The van der Waals surface area contributed by atoms with E-state index in [2.05, 4.69) is 5.32 Å². The van der Waals surface area contributed by atoms with Crippen LogP contribution in [0.25, 0.3) is 0 Å². The predicted octanol–water partition coefficient (Wildman–Crippen LogP) is 5.22. The molecule has 1 fully saturated rings. The first-order valence-electron chi connectivity index (χ1n) is 13.6. The molecule has 2 amide bonds. The number of hydroxylamine groups is 1. The van der Waals surface area contributed by atoms with Crippen molar-refractivity contribution in [2.24, 2.45) is 0 Å². The molecule has 5 N–H and O–H groups in total. The molecule has 0 aliphatic carbocycles. The molecule has 222 valence electrons. The number of amides is 2. The Balaban J connectivity index is 1.44. The van der Waals surface area contributed by atoms with Gasteiger partial charge in [-0.05, 0) is 60.4 Å². The fourth-order valence-electron chi connectivity index (χ4n) is 4.52. The number of ether oxygens (including phenoxy) is 2. The van der Waals surface area contributed by atoms with Gasteiger partial charge in [-0.2, -0.15) is 0 Å². The molecular formula is C31H34N2O8S. The second-order valence-electron chi connectivity index (χ2n) is 9.91. The lowest BCUT2D eigenvalue weighted by Gasteiger charge is -2.36. The van der Waals surface area contributed by atoms with Crippen molar-refractivity contribution in [3.05, 3.63) is 95.1 Å². The molecule has 11 heteroatoms. The lowest BCUT2D eigenvalue weighted by atomic mass is 10.0. The quantitative estimate of drug-likeness (QED) is 0.0775. The number of aliphatic hydroxyl groups is 1. The number of nitrogens with one attached hydrogen (secondary N) is 2. The molecule has 0 radical (unpaired) electrons. The SMILES string of the molecule is O=C(CCCCC(=O)Nc1cccc(C2OC(CSc3ccc(C(=O)O)cc3)CC(c3ccc(CO)cc3)O2)c1)NO.